The zero-order chi connectivity index (χ0) is 13.2. The summed E-state index contributed by atoms with van der Waals surface area (Å²) in [7, 11) is 1.87. The van der Waals surface area contributed by atoms with Gasteiger partial charge in [0.2, 0.25) is 0 Å². The highest BCUT2D eigenvalue weighted by molar-refractivity contribution is 5.87. The highest BCUT2D eigenvalue weighted by Gasteiger charge is 2.24. The molecule has 0 unspecified atom stereocenters. The van der Waals surface area contributed by atoms with Crippen molar-refractivity contribution in [3.05, 3.63) is 24.3 Å². The minimum absolute atomic E-state index is 0.0828. The third kappa shape index (κ3) is 2.20. The molecule has 0 aliphatic heterocycles. The molecule has 5 heteroatoms. The first-order valence-electron chi connectivity index (χ1n) is 6.85. The summed E-state index contributed by atoms with van der Waals surface area (Å²) in [6.07, 6.45) is 5.88. The number of aromatic nitrogens is 3. The van der Waals surface area contributed by atoms with Gasteiger partial charge in [0.1, 0.15) is 5.52 Å². The molecule has 1 heterocycles. The Balaban J connectivity index is 1.86. The molecule has 0 spiro atoms. The van der Waals surface area contributed by atoms with Crippen LogP contribution in [0, 0.1) is 0 Å². The second-order valence-corrected chi connectivity index (χ2v) is 5.18. The molecule has 1 aliphatic carbocycles. The number of nitrogens with zero attached hydrogens (tertiary/aromatic N) is 4. The average Bonchev–Trinajstić information content (AvgIpc) is 2.90. The summed E-state index contributed by atoms with van der Waals surface area (Å²) >= 11 is 0. The zero-order valence-corrected chi connectivity index (χ0v) is 11.1. The van der Waals surface area contributed by atoms with E-state index in [2.05, 4.69) is 10.3 Å². The van der Waals surface area contributed by atoms with E-state index in [9.17, 15) is 4.79 Å². The molecule has 100 valence electrons. The molecule has 2 aromatic rings. The Kier molecular flexibility index (Phi) is 3.19. The SMILES string of the molecule is CN(C(=O)n1nnc2ccccc21)C1CCCCC1. The Morgan fingerprint density at radius 3 is 2.79 bits per heavy atom. The Morgan fingerprint density at radius 1 is 1.26 bits per heavy atom. The minimum atomic E-state index is -0.0828. The van der Waals surface area contributed by atoms with Gasteiger partial charge in [-0.3, -0.25) is 0 Å². The number of hydrogen-bond acceptors (Lipinski definition) is 3. The van der Waals surface area contributed by atoms with Crippen LogP contribution in [-0.4, -0.2) is 39.0 Å². The molecule has 0 atom stereocenters. The summed E-state index contributed by atoms with van der Waals surface area (Å²) in [4.78, 5) is 14.3. The first kappa shape index (κ1) is 12.1. The van der Waals surface area contributed by atoms with Crippen molar-refractivity contribution in [2.24, 2.45) is 0 Å². The van der Waals surface area contributed by atoms with E-state index in [4.69, 9.17) is 0 Å². The van der Waals surface area contributed by atoms with Gasteiger partial charge in [0, 0.05) is 13.1 Å². The normalized spacial score (nSPS) is 16.7. The standard InChI is InChI=1S/C14H18N4O/c1-17(11-7-3-2-4-8-11)14(19)18-13-10-6-5-9-12(13)15-16-18/h5-6,9-11H,2-4,7-8H2,1H3. The quantitative estimate of drug-likeness (QED) is 0.790. The van der Waals surface area contributed by atoms with E-state index in [1.165, 1.54) is 23.9 Å². The van der Waals surface area contributed by atoms with Gasteiger partial charge in [-0.2, -0.15) is 4.68 Å². The van der Waals surface area contributed by atoms with Crippen LogP contribution in [0.3, 0.4) is 0 Å². The van der Waals surface area contributed by atoms with Crippen molar-refractivity contribution in [2.45, 2.75) is 38.1 Å². The molecule has 0 saturated heterocycles. The van der Waals surface area contributed by atoms with Gasteiger partial charge in [0.15, 0.2) is 0 Å². The molecule has 5 nitrogen and oxygen atoms in total. The molecular formula is C14H18N4O. The maximum atomic E-state index is 12.5. The lowest BCUT2D eigenvalue weighted by Crippen LogP contribution is -2.41. The predicted molar refractivity (Wildman–Crippen MR) is 73.0 cm³/mol. The van der Waals surface area contributed by atoms with Crippen molar-refractivity contribution in [1.82, 2.24) is 19.9 Å². The molecule has 1 fully saturated rings. The Bertz CT molecular complexity index is 586. The summed E-state index contributed by atoms with van der Waals surface area (Å²) in [6.45, 7) is 0. The van der Waals surface area contributed by atoms with Crippen LogP contribution in [0.15, 0.2) is 24.3 Å². The van der Waals surface area contributed by atoms with E-state index in [1.54, 1.807) is 0 Å². The Labute approximate surface area is 112 Å². The summed E-state index contributed by atoms with van der Waals surface area (Å²) in [5.41, 5.74) is 1.53. The van der Waals surface area contributed by atoms with Gasteiger partial charge in [0.05, 0.1) is 5.52 Å². The number of benzene rings is 1. The van der Waals surface area contributed by atoms with E-state index in [0.717, 1.165) is 23.9 Å². The van der Waals surface area contributed by atoms with Gasteiger partial charge in [0.25, 0.3) is 0 Å². The van der Waals surface area contributed by atoms with E-state index in [-0.39, 0.29) is 6.03 Å². The van der Waals surface area contributed by atoms with Crippen LogP contribution in [0.1, 0.15) is 32.1 Å². The van der Waals surface area contributed by atoms with Crippen molar-refractivity contribution in [3.8, 4) is 0 Å². The number of rotatable bonds is 1. The first-order chi connectivity index (χ1) is 9.27. The molecule has 0 bridgehead atoms. The maximum Gasteiger partial charge on any atom is 0.346 e. The highest BCUT2D eigenvalue weighted by Crippen LogP contribution is 2.22. The van der Waals surface area contributed by atoms with Gasteiger partial charge in [-0.25, -0.2) is 4.79 Å². The van der Waals surface area contributed by atoms with Crippen molar-refractivity contribution in [3.63, 3.8) is 0 Å². The highest BCUT2D eigenvalue weighted by atomic mass is 16.2. The molecule has 3 rings (SSSR count). The van der Waals surface area contributed by atoms with Gasteiger partial charge < -0.3 is 4.90 Å². The summed E-state index contributed by atoms with van der Waals surface area (Å²) in [5, 5.41) is 8.02. The first-order valence-corrected chi connectivity index (χ1v) is 6.85. The van der Waals surface area contributed by atoms with E-state index in [1.807, 2.05) is 36.2 Å². The fourth-order valence-electron chi connectivity index (χ4n) is 2.78. The van der Waals surface area contributed by atoms with Gasteiger partial charge >= 0.3 is 6.03 Å². The number of carbonyl (C=O) groups is 1. The van der Waals surface area contributed by atoms with E-state index in [0.29, 0.717) is 6.04 Å². The average molecular weight is 258 g/mol. The second kappa shape index (κ2) is 4.99. The Hall–Kier alpha value is -1.91. The summed E-state index contributed by atoms with van der Waals surface area (Å²) < 4.78 is 1.41. The topological polar surface area (TPSA) is 51.0 Å². The van der Waals surface area contributed by atoms with Gasteiger partial charge in [-0.05, 0) is 25.0 Å². The summed E-state index contributed by atoms with van der Waals surface area (Å²) in [6, 6.07) is 7.80. The monoisotopic (exact) mass is 258 g/mol. The van der Waals surface area contributed by atoms with Crippen LogP contribution < -0.4 is 0 Å². The van der Waals surface area contributed by atoms with Crippen molar-refractivity contribution >= 4 is 17.1 Å². The van der Waals surface area contributed by atoms with Gasteiger partial charge in [-0.1, -0.05) is 36.6 Å². The third-order valence-corrected chi connectivity index (χ3v) is 3.96. The Morgan fingerprint density at radius 2 is 2.00 bits per heavy atom. The van der Waals surface area contributed by atoms with Crippen molar-refractivity contribution in [2.75, 3.05) is 7.05 Å². The lowest BCUT2D eigenvalue weighted by molar-refractivity contribution is 0.173. The van der Waals surface area contributed by atoms with Crippen LogP contribution in [0.2, 0.25) is 0 Å². The fourth-order valence-corrected chi connectivity index (χ4v) is 2.78. The maximum absolute atomic E-state index is 12.5. The summed E-state index contributed by atoms with van der Waals surface area (Å²) in [5.74, 6) is 0. The number of hydrogen-bond donors (Lipinski definition) is 0. The molecular weight excluding hydrogens is 240 g/mol. The third-order valence-electron chi connectivity index (χ3n) is 3.96. The fraction of sp³-hybridized carbons (Fsp3) is 0.500. The predicted octanol–water partition coefficient (Wildman–Crippen LogP) is 2.66. The molecule has 1 aromatic heterocycles. The van der Waals surface area contributed by atoms with Crippen LogP contribution >= 0.6 is 0 Å². The number of fused-ring (bicyclic) bond motifs is 1. The molecule has 1 saturated carbocycles. The van der Waals surface area contributed by atoms with Crippen LogP contribution in [0.4, 0.5) is 4.79 Å². The van der Waals surface area contributed by atoms with Crippen LogP contribution in [-0.2, 0) is 0 Å². The molecule has 0 N–H and O–H groups in total. The lowest BCUT2D eigenvalue weighted by atomic mass is 9.95. The molecule has 1 aliphatic rings. The van der Waals surface area contributed by atoms with Crippen molar-refractivity contribution < 1.29 is 4.79 Å². The number of para-hydroxylation sites is 1. The largest absolute Gasteiger partial charge is 0.346 e. The van der Waals surface area contributed by atoms with Crippen LogP contribution in [0.5, 0.6) is 0 Å². The molecule has 19 heavy (non-hydrogen) atoms. The van der Waals surface area contributed by atoms with E-state index >= 15 is 0 Å². The second-order valence-electron chi connectivity index (χ2n) is 5.18. The van der Waals surface area contributed by atoms with E-state index < -0.39 is 0 Å². The smallest absolute Gasteiger partial charge is 0.323 e. The van der Waals surface area contributed by atoms with Crippen molar-refractivity contribution in [1.29, 1.82) is 0 Å². The molecule has 0 radical (unpaired) electrons. The molecule has 1 aromatic carbocycles. The lowest BCUT2D eigenvalue weighted by Gasteiger charge is -2.30. The van der Waals surface area contributed by atoms with Gasteiger partial charge in [-0.15, -0.1) is 5.10 Å². The molecule has 1 amide bonds. The zero-order valence-electron chi connectivity index (χ0n) is 11.1. The number of carbonyl (C=O) groups excluding carboxylic acids is 1. The number of amides is 1. The van der Waals surface area contributed by atoms with Crippen LogP contribution in [0.25, 0.3) is 11.0 Å². The minimum Gasteiger partial charge on any atom is -0.323 e.